The van der Waals surface area contributed by atoms with Crippen LogP contribution in [0.25, 0.3) is 11.1 Å². The zero-order valence-electron chi connectivity index (χ0n) is 13.6. The molecule has 25 heavy (non-hydrogen) atoms. The Morgan fingerprint density at radius 1 is 1.36 bits per heavy atom. The number of nitrogens with two attached hydrogens (primary N) is 2. The molecular weight excluding hydrogens is 328 g/mol. The van der Waals surface area contributed by atoms with Gasteiger partial charge in [0.25, 0.3) is 5.91 Å². The van der Waals surface area contributed by atoms with Gasteiger partial charge < -0.3 is 31.2 Å². The molecule has 1 aliphatic heterocycles. The average Bonchev–Trinajstić information content (AvgIpc) is 2.93. The summed E-state index contributed by atoms with van der Waals surface area (Å²) in [6.45, 7) is 2.72. The van der Waals surface area contributed by atoms with Crippen molar-refractivity contribution >= 4 is 23.1 Å². The van der Waals surface area contributed by atoms with Gasteiger partial charge in [0.1, 0.15) is 5.56 Å². The fourth-order valence-corrected chi connectivity index (χ4v) is 2.96. The lowest BCUT2D eigenvalue weighted by Gasteiger charge is -2.29. The smallest absolute Gasteiger partial charge is 0.398 e. The molecule has 2 heterocycles. The number of primary amides is 1. The molecule has 1 fully saturated rings. The highest BCUT2D eigenvalue weighted by atomic mass is 16.6. The third-order valence-corrected chi connectivity index (χ3v) is 4.12. The molecule has 10 heteroatoms. The van der Waals surface area contributed by atoms with Crippen molar-refractivity contribution in [2.45, 2.75) is 0 Å². The fourth-order valence-electron chi connectivity index (χ4n) is 2.96. The lowest BCUT2D eigenvalue weighted by atomic mass is 10.0. The monoisotopic (exact) mass is 346 g/mol. The molecule has 1 saturated heterocycles. The normalized spacial score (nSPS) is 14.5. The van der Waals surface area contributed by atoms with Crippen molar-refractivity contribution in [2.75, 3.05) is 36.9 Å². The summed E-state index contributed by atoms with van der Waals surface area (Å²) in [6.07, 6.45) is 0. The topological polar surface area (TPSA) is 143 Å². The summed E-state index contributed by atoms with van der Waals surface area (Å²) in [6, 6.07) is 5.18. The number of rotatable bonds is 4. The summed E-state index contributed by atoms with van der Waals surface area (Å²) < 4.78 is 6.42. The molecule has 0 aliphatic carbocycles. The predicted molar refractivity (Wildman–Crippen MR) is 91.3 cm³/mol. The van der Waals surface area contributed by atoms with Gasteiger partial charge in [-0.15, -0.1) is 0 Å². The number of aryl methyl sites for hydroxylation is 1. The molecule has 4 N–H and O–H groups in total. The molecule has 2 aromatic rings. The van der Waals surface area contributed by atoms with Crippen LogP contribution in [0, 0.1) is 10.1 Å². The van der Waals surface area contributed by atoms with Crippen LogP contribution >= 0.6 is 0 Å². The molecule has 0 atom stereocenters. The molecule has 0 saturated carbocycles. The molecule has 132 valence electrons. The Balaban J connectivity index is 2.10. The molecule has 1 aromatic heterocycles. The third kappa shape index (κ3) is 2.98. The van der Waals surface area contributed by atoms with Crippen molar-refractivity contribution < 1.29 is 14.5 Å². The number of nitrogen functional groups attached to an aromatic ring is 1. The summed E-state index contributed by atoms with van der Waals surface area (Å²) in [4.78, 5) is 24.5. The van der Waals surface area contributed by atoms with Crippen LogP contribution in [-0.4, -0.2) is 46.9 Å². The van der Waals surface area contributed by atoms with Crippen molar-refractivity contribution in [3.05, 3.63) is 34.0 Å². The van der Waals surface area contributed by atoms with Crippen LogP contribution in [0.4, 0.5) is 17.2 Å². The zero-order chi connectivity index (χ0) is 18.1. The van der Waals surface area contributed by atoms with E-state index in [1.807, 2.05) is 0 Å². The van der Waals surface area contributed by atoms with Gasteiger partial charge in [-0.2, -0.15) is 4.68 Å². The minimum absolute atomic E-state index is 0.0334. The van der Waals surface area contributed by atoms with E-state index >= 15 is 0 Å². The Labute approximate surface area is 143 Å². The number of anilines is 2. The summed E-state index contributed by atoms with van der Waals surface area (Å²) in [5.74, 6) is -1.27. The van der Waals surface area contributed by atoms with E-state index in [1.165, 1.54) is 7.05 Å². The molecular formula is C15H18N6O4. The molecule has 0 bridgehead atoms. The van der Waals surface area contributed by atoms with Gasteiger partial charge in [0.05, 0.1) is 25.4 Å². The van der Waals surface area contributed by atoms with Crippen LogP contribution in [0.1, 0.15) is 10.5 Å². The van der Waals surface area contributed by atoms with Gasteiger partial charge in [-0.1, -0.05) is 0 Å². The van der Waals surface area contributed by atoms with Crippen molar-refractivity contribution in [3.8, 4) is 11.1 Å². The first-order valence-electron chi connectivity index (χ1n) is 7.64. The second kappa shape index (κ2) is 6.40. The van der Waals surface area contributed by atoms with E-state index in [-0.39, 0.29) is 11.3 Å². The minimum atomic E-state index is -0.810. The number of amides is 1. The first kappa shape index (κ1) is 16.7. The number of nitrogens with zero attached hydrogens (tertiary/aromatic N) is 4. The quantitative estimate of drug-likeness (QED) is 0.466. The van der Waals surface area contributed by atoms with E-state index in [2.05, 4.69) is 10.00 Å². The van der Waals surface area contributed by atoms with E-state index in [4.69, 9.17) is 16.2 Å². The molecule has 1 aromatic carbocycles. The summed E-state index contributed by atoms with van der Waals surface area (Å²) >= 11 is 0. The van der Waals surface area contributed by atoms with Gasteiger partial charge in [-0.25, -0.2) is 0 Å². The number of hydrogen-bond donors (Lipinski definition) is 2. The number of carbonyl (C=O) groups excluding carboxylic acids is 1. The number of aromatic nitrogens is 2. The summed E-state index contributed by atoms with van der Waals surface area (Å²) in [5.41, 5.74) is 13.0. The van der Waals surface area contributed by atoms with E-state index in [1.54, 1.807) is 18.2 Å². The van der Waals surface area contributed by atoms with Crippen LogP contribution in [0.15, 0.2) is 18.2 Å². The fraction of sp³-hybridized carbons (Fsp3) is 0.333. The average molecular weight is 346 g/mol. The third-order valence-electron chi connectivity index (χ3n) is 4.12. The molecule has 1 aliphatic rings. The van der Waals surface area contributed by atoms with Crippen LogP contribution in [-0.2, 0) is 11.8 Å². The highest BCUT2D eigenvalue weighted by Gasteiger charge is 2.31. The van der Waals surface area contributed by atoms with E-state index in [0.717, 1.165) is 23.5 Å². The Morgan fingerprint density at radius 2 is 2.04 bits per heavy atom. The van der Waals surface area contributed by atoms with Crippen molar-refractivity contribution in [1.29, 1.82) is 0 Å². The molecule has 10 nitrogen and oxygen atoms in total. The maximum atomic E-state index is 11.8. The first-order chi connectivity index (χ1) is 11.9. The summed E-state index contributed by atoms with van der Waals surface area (Å²) in [7, 11) is 1.43. The van der Waals surface area contributed by atoms with E-state index in [9.17, 15) is 14.9 Å². The Bertz CT molecular complexity index is 841. The van der Waals surface area contributed by atoms with Crippen LogP contribution in [0.3, 0.4) is 0 Å². The van der Waals surface area contributed by atoms with Gasteiger partial charge >= 0.3 is 5.82 Å². The Kier molecular flexibility index (Phi) is 4.28. The number of ether oxygens (including phenoxy) is 1. The van der Waals surface area contributed by atoms with Crippen LogP contribution in [0.2, 0.25) is 0 Å². The van der Waals surface area contributed by atoms with Crippen molar-refractivity contribution in [1.82, 2.24) is 9.78 Å². The van der Waals surface area contributed by atoms with Crippen LogP contribution in [0.5, 0.6) is 0 Å². The SMILES string of the molecule is Cn1nc([N+](=O)[O-])c(-c2ccc(N3CCOCC3)cc2N)c1C(N)=O. The summed E-state index contributed by atoms with van der Waals surface area (Å²) in [5, 5.41) is 15.1. The lowest BCUT2D eigenvalue weighted by molar-refractivity contribution is -0.389. The van der Waals surface area contributed by atoms with Gasteiger partial charge in [-0.3, -0.25) is 4.79 Å². The van der Waals surface area contributed by atoms with Gasteiger partial charge in [-0.05, 0) is 23.1 Å². The van der Waals surface area contributed by atoms with E-state index in [0.29, 0.717) is 24.5 Å². The van der Waals surface area contributed by atoms with E-state index < -0.39 is 16.6 Å². The van der Waals surface area contributed by atoms with Gasteiger partial charge in [0.2, 0.25) is 0 Å². The molecule has 0 spiro atoms. The zero-order valence-corrected chi connectivity index (χ0v) is 13.6. The number of nitro groups is 1. The van der Waals surface area contributed by atoms with Crippen molar-refractivity contribution in [3.63, 3.8) is 0 Å². The second-order valence-electron chi connectivity index (χ2n) is 5.66. The number of benzene rings is 1. The minimum Gasteiger partial charge on any atom is -0.398 e. The van der Waals surface area contributed by atoms with Crippen molar-refractivity contribution in [2.24, 2.45) is 12.8 Å². The maximum absolute atomic E-state index is 11.8. The second-order valence-corrected chi connectivity index (χ2v) is 5.66. The molecule has 0 radical (unpaired) electrons. The number of morpholine rings is 1. The lowest BCUT2D eigenvalue weighted by Crippen LogP contribution is -2.36. The molecule has 1 amide bonds. The standard InChI is InChI=1S/C15H18N6O4/c1-19-13(14(17)22)12(15(18-19)21(23)24)10-3-2-9(8-11(10)16)20-4-6-25-7-5-20/h2-3,8H,4-7,16H2,1H3,(H2,17,22). The highest BCUT2D eigenvalue weighted by molar-refractivity contribution is 6.02. The number of hydrogen-bond acceptors (Lipinski definition) is 7. The Hall–Kier alpha value is -3.14. The number of carbonyl (C=O) groups is 1. The van der Waals surface area contributed by atoms with Gasteiger partial charge in [0, 0.05) is 30.0 Å². The Morgan fingerprint density at radius 3 is 2.60 bits per heavy atom. The predicted octanol–water partition coefficient (Wildman–Crippen LogP) is 0.513. The van der Waals surface area contributed by atoms with Crippen LogP contribution < -0.4 is 16.4 Å². The largest absolute Gasteiger partial charge is 0.398 e. The van der Waals surface area contributed by atoms with Gasteiger partial charge in [0.15, 0.2) is 5.69 Å². The molecule has 0 unspecified atom stereocenters. The molecule has 3 rings (SSSR count). The first-order valence-corrected chi connectivity index (χ1v) is 7.64. The highest BCUT2D eigenvalue weighted by Crippen LogP contribution is 2.37. The maximum Gasteiger partial charge on any atom is 0.398 e.